The molecule has 8 nitrogen and oxygen atoms in total. The van der Waals surface area contributed by atoms with Gasteiger partial charge in [0.2, 0.25) is 15.9 Å². The summed E-state index contributed by atoms with van der Waals surface area (Å²) in [5.41, 5.74) is 0. The number of hydrogen-bond acceptors (Lipinski definition) is 6. The van der Waals surface area contributed by atoms with Crippen molar-refractivity contribution in [2.75, 3.05) is 38.6 Å². The Labute approximate surface area is 149 Å². The number of halogens is 1. The molecule has 0 spiro atoms. The van der Waals surface area contributed by atoms with E-state index in [-0.39, 0.29) is 42.8 Å². The van der Waals surface area contributed by atoms with E-state index >= 15 is 0 Å². The highest BCUT2D eigenvalue weighted by molar-refractivity contribution is 7.89. The van der Waals surface area contributed by atoms with E-state index in [1.807, 2.05) is 6.92 Å². The van der Waals surface area contributed by atoms with Crippen molar-refractivity contribution in [3.05, 3.63) is 0 Å². The van der Waals surface area contributed by atoms with Crippen LogP contribution in [0.1, 0.15) is 26.2 Å². The summed E-state index contributed by atoms with van der Waals surface area (Å²) in [4.78, 5) is 12.0. The minimum Gasteiger partial charge on any atom is -0.377 e. The zero-order chi connectivity index (χ0) is 16.7. The second kappa shape index (κ2) is 10.5. The third-order valence-electron chi connectivity index (χ3n) is 4.07. The molecule has 1 unspecified atom stereocenters. The normalized spacial score (nSPS) is 28.0. The van der Waals surface area contributed by atoms with Gasteiger partial charge in [0, 0.05) is 26.2 Å². The fourth-order valence-corrected chi connectivity index (χ4v) is 3.66. The SMILES string of the molecule is C[C@H]1OCCN[C@@H]1C(=O)NCCS(=O)(=O)NCC1CCCCO1.Cl. The van der Waals surface area contributed by atoms with Gasteiger partial charge in [-0.15, -0.1) is 12.4 Å². The van der Waals surface area contributed by atoms with Crippen molar-refractivity contribution >= 4 is 28.3 Å². The lowest BCUT2D eigenvalue weighted by Gasteiger charge is -2.29. The molecule has 2 aliphatic rings. The minimum absolute atomic E-state index is 0. The molecular formula is C14H28ClN3O5S. The van der Waals surface area contributed by atoms with Crippen molar-refractivity contribution in [2.24, 2.45) is 0 Å². The first kappa shape index (κ1) is 21.6. The smallest absolute Gasteiger partial charge is 0.239 e. The van der Waals surface area contributed by atoms with Crippen LogP contribution in [0.25, 0.3) is 0 Å². The number of amides is 1. The van der Waals surface area contributed by atoms with Crippen LogP contribution < -0.4 is 15.4 Å². The topological polar surface area (TPSA) is 106 Å². The second-order valence-electron chi connectivity index (χ2n) is 5.95. The average Bonchev–Trinajstić information content (AvgIpc) is 2.54. The highest BCUT2D eigenvalue weighted by Gasteiger charge is 2.28. The maximum atomic E-state index is 12.0. The molecule has 0 aliphatic carbocycles. The summed E-state index contributed by atoms with van der Waals surface area (Å²) in [6.07, 6.45) is 2.72. The van der Waals surface area contributed by atoms with E-state index in [1.54, 1.807) is 0 Å². The van der Waals surface area contributed by atoms with Crippen LogP contribution in [0.3, 0.4) is 0 Å². The van der Waals surface area contributed by atoms with Gasteiger partial charge in [0.25, 0.3) is 0 Å². The summed E-state index contributed by atoms with van der Waals surface area (Å²) >= 11 is 0. The molecule has 10 heteroatoms. The van der Waals surface area contributed by atoms with Crippen LogP contribution in [-0.2, 0) is 24.3 Å². The summed E-state index contributed by atoms with van der Waals surface area (Å²) in [5, 5.41) is 5.71. The molecule has 3 atom stereocenters. The molecule has 0 radical (unpaired) electrons. The van der Waals surface area contributed by atoms with E-state index < -0.39 is 16.1 Å². The second-order valence-corrected chi connectivity index (χ2v) is 7.88. The number of ether oxygens (including phenoxy) is 2. The first-order valence-corrected chi connectivity index (χ1v) is 9.85. The van der Waals surface area contributed by atoms with Gasteiger partial charge in [0.1, 0.15) is 6.04 Å². The molecule has 0 saturated carbocycles. The molecule has 0 aromatic rings. The van der Waals surface area contributed by atoms with Gasteiger partial charge in [-0.2, -0.15) is 0 Å². The van der Waals surface area contributed by atoms with Crippen LogP contribution in [0.4, 0.5) is 0 Å². The van der Waals surface area contributed by atoms with Crippen molar-refractivity contribution in [1.29, 1.82) is 0 Å². The van der Waals surface area contributed by atoms with E-state index in [4.69, 9.17) is 9.47 Å². The average molecular weight is 386 g/mol. The Morgan fingerprint density at radius 1 is 1.25 bits per heavy atom. The molecule has 2 fully saturated rings. The Balaban J connectivity index is 0.00000288. The van der Waals surface area contributed by atoms with Gasteiger partial charge in [-0.05, 0) is 26.2 Å². The van der Waals surface area contributed by atoms with Crippen molar-refractivity contribution in [3.63, 3.8) is 0 Å². The Morgan fingerprint density at radius 2 is 2.04 bits per heavy atom. The van der Waals surface area contributed by atoms with Gasteiger partial charge in [0.05, 0.1) is 24.6 Å². The quantitative estimate of drug-likeness (QED) is 0.540. The highest BCUT2D eigenvalue weighted by Crippen LogP contribution is 2.11. The maximum Gasteiger partial charge on any atom is 0.239 e. The number of hydrogen-bond donors (Lipinski definition) is 3. The third kappa shape index (κ3) is 7.20. The largest absolute Gasteiger partial charge is 0.377 e. The van der Waals surface area contributed by atoms with Gasteiger partial charge < -0.3 is 20.1 Å². The predicted octanol–water partition coefficient (Wildman–Crippen LogP) is -0.610. The van der Waals surface area contributed by atoms with Crippen molar-refractivity contribution in [1.82, 2.24) is 15.4 Å². The van der Waals surface area contributed by atoms with Gasteiger partial charge in [-0.1, -0.05) is 0 Å². The predicted molar refractivity (Wildman–Crippen MR) is 92.8 cm³/mol. The zero-order valence-corrected chi connectivity index (χ0v) is 15.6. The van der Waals surface area contributed by atoms with Gasteiger partial charge in [-0.25, -0.2) is 13.1 Å². The van der Waals surface area contributed by atoms with Crippen LogP contribution in [0.2, 0.25) is 0 Å². The number of carbonyl (C=O) groups is 1. The molecule has 142 valence electrons. The molecular weight excluding hydrogens is 358 g/mol. The number of nitrogens with one attached hydrogen (secondary N) is 3. The first-order chi connectivity index (χ1) is 11.0. The monoisotopic (exact) mass is 385 g/mol. The Hall–Kier alpha value is -0.450. The lowest BCUT2D eigenvalue weighted by molar-refractivity contribution is -0.128. The van der Waals surface area contributed by atoms with Crippen LogP contribution in [0.5, 0.6) is 0 Å². The summed E-state index contributed by atoms with van der Waals surface area (Å²) < 4.78 is 37.3. The Morgan fingerprint density at radius 3 is 2.71 bits per heavy atom. The van der Waals surface area contributed by atoms with Crippen molar-refractivity contribution < 1.29 is 22.7 Å². The number of sulfonamides is 1. The van der Waals surface area contributed by atoms with Crippen molar-refractivity contribution in [2.45, 2.75) is 44.4 Å². The van der Waals surface area contributed by atoms with E-state index in [1.165, 1.54) is 0 Å². The minimum atomic E-state index is -3.42. The van der Waals surface area contributed by atoms with E-state index in [0.717, 1.165) is 19.3 Å². The molecule has 0 bridgehead atoms. The molecule has 3 N–H and O–H groups in total. The highest BCUT2D eigenvalue weighted by atomic mass is 35.5. The maximum absolute atomic E-state index is 12.0. The van der Waals surface area contributed by atoms with Gasteiger partial charge in [0.15, 0.2) is 0 Å². The lowest BCUT2D eigenvalue weighted by Crippen LogP contribution is -2.56. The van der Waals surface area contributed by atoms with E-state index in [9.17, 15) is 13.2 Å². The summed E-state index contributed by atoms with van der Waals surface area (Å²) in [7, 11) is -3.42. The van der Waals surface area contributed by atoms with Crippen LogP contribution >= 0.6 is 12.4 Å². The van der Waals surface area contributed by atoms with Crippen LogP contribution in [-0.4, -0.2) is 71.2 Å². The lowest BCUT2D eigenvalue weighted by atomic mass is 10.1. The molecule has 24 heavy (non-hydrogen) atoms. The third-order valence-corrected chi connectivity index (χ3v) is 5.42. The summed E-state index contributed by atoms with van der Waals surface area (Å²) in [6, 6.07) is -0.435. The number of rotatable bonds is 7. The molecule has 0 aromatic carbocycles. The van der Waals surface area contributed by atoms with E-state index in [2.05, 4.69) is 15.4 Å². The molecule has 2 rings (SSSR count). The van der Waals surface area contributed by atoms with Crippen LogP contribution in [0, 0.1) is 0 Å². The van der Waals surface area contributed by atoms with Gasteiger partial charge in [-0.3, -0.25) is 4.79 Å². The first-order valence-electron chi connectivity index (χ1n) is 8.19. The molecule has 2 saturated heterocycles. The Bertz CT molecular complexity index is 485. The Kier molecular flexibility index (Phi) is 9.47. The molecule has 1 amide bonds. The van der Waals surface area contributed by atoms with Crippen molar-refractivity contribution in [3.8, 4) is 0 Å². The summed E-state index contributed by atoms with van der Waals surface area (Å²) in [6.45, 7) is 4.07. The molecule has 2 heterocycles. The fraction of sp³-hybridized carbons (Fsp3) is 0.929. The standard InChI is InChI=1S/C14H27N3O5S.ClH/c1-11-13(15-5-8-21-11)14(18)16-6-9-23(19,20)17-10-12-4-2-3-7-22-12;/h11-13,15,17H,2-10H2,1H3,(H,16,18);1H/t11-,12?,13+;/m1./s1. The number of carbonyl (C=O) groups excluding carboxylic acids is 1. The fourth-order valence-electron chi connectivity index (χ4n) is 2.71. The van der Waals surface area contributed by atoms with Crippen LogP contribution in [0.15, 0.2) is 0 Å². The number of morpholine rings is 1. The van der Waals surface area contributed by atoms with E-state index in [0.29, 0.717) is 26.3 Å². The van der Waals surface area contributed by atoms with Gasteiger partial charge >= 0.3 is 0 Å². The molecule has 2 aliphatic heterocycles. The summed E-state index contributed by atoms with van der Waals surface area (Å²) in [5.74, 6) is -0.379. The molecule has 0 aromatic heterocycles. The zero-order valence-electron chi connectivity index (χ0n) is 14.0.